The van der Waals surface area contributed by atoms with E-state index in [9.17, 15) is 4.79 Å². The third-order valence-corrected chi connectivity index (χ3v) is 4.14. The number of ether oxygens (including phenoxy) is 1. The number of benzene rings is 2. The van der Waals surface area contributed by atoms with Crippen LogP contribution in [-0.4, -0.2) is 23.2 Å². The summed E-state index contributed by atoms with van der Waals surface area (Å²) in [5.41, 5.74) is 2.89. The molecule has 0 aliphatic rings. The molecule has 1 heterocycles. The SMILES string of the molecule is COc1ccc(C)cc1NC(=O)c1ccc(NCc2ccc(Cl)cc2)nn1. The van der Waals surface area contributed by atoms with Gasteiger partial charge in [0.1, 0.15) is 11.6 Å². The van der Waals surface area contributed by atoms with Crippen LogP contribution < -0.4 is 15.4 Å². The van der Waals surface area contributed by atoms with E-state index in [1.807, 2.05) is 43.3 Å². The number of halogens is 1. The topological polar surface area (TPSA) is 76.1 Å². The molecule has 138 valence electrons. The van der Waals surface area contributed by atoms with Crippen LogP contribution in [0, 0.1) is 6.92 Å². The van der Waals surface area contributed by atoms with E-state index in [0.29, 0.717) is 28.8 Å². The van der Waals surface area contributed by atoms with E-state index in [-0.39, 0.29) is 11.6 Å². The van der Waals surface area contributed by atoms with Gasteiger partial charge in [0.05, 0.1) is 12.8 Å². The first kappa shape index (κ1) is 18.7. The van der Waals surface area contributed by atoms with Gasteiger partial charge in [0.15, 0.2) is 5.69 Å². The molecular formula is C20H19ClN4O2. The maximum Gasteiger partial charge on any atom is 0.276 e. The minimum atomic E-state index is -0.351. The Kier molecular flexibility index (Phi) is 5.88. The predicted octanol–water partition coefficient (Wildman–Crippen LogP) is 4.31. The Morgan fingerprint density at radius 1 is 1.07 bits per heavy atom. The Labute approximate surface area is 162 Å². The number of nitrogens with zero attached hydrogens (tertiary/aromatic N) is 2. The number of carbonyl (C=O) groups excluding carboxylic acids is 1. The molecule has 0 unspecified atom stereocenters. The molecule has 0 bridgehead atoms. The fraction of sp³-hybridized carbons (Fsp3) is 0.150. The number of anilines is 2. The lowest BCUT2D eigenvalue weighted by atomic mass is 10.2. The van der Waals surface area contributed by atoms with Crippen molar-refractivity contribution in [3.8, 4) is 5.75 Å². The summed E-state index contributed by atoms with van der Waals surface area (Å²) in [6.45, 7) is 2.52. The normalized spacial score (nSPS) is 10.3. The number of aromatic nitrogens is 2. The Balaban J connectivity index is 1.63. The Hall–Kier alpha value is -3.12. The molecule has 0 aliphatic heterocycles. The average Bonchev–Trinajstić information content (AvgIpc) is 2.68. The summed E-state index contributed by atoms with van der Waals surface area (Å²) in [6, 6.07) is 16.4. The van der Waals surface area contributed by atoms with Crippen LogP contribution >= 0.6 is 11.6 Å². The smallest absolute Gasteiger partial charge is 0.276 e. The monoisotopic (exact) mass is 382 g/mol. The second kappa shape index (κ2) is 8.51. The highest BCUT2D eigenvalue weighted by molar-refractivity contribution is 6.30. The van der Waals surface area contributed by atoms with Gasteiger partial charge in [-0.15, -0.1) is 10.2 Å². The fourth-order valence-corrected chi connectivity index (χ4v) is 2.57. The first-order valence-corrected chi connectivity index (χ1v) is 8.71. The number of amides is 1. The zero-order chi connectivity index (χ0) is 19.2. The number of carbonyl (C=O) groups is 1. The third-order valence-electron chi connectivity index (χ3n) is 3.89. The molecule has 0 saturated heterocycles. The van der Waals surface area contributed by atoms with E-state index in [1.165, 1.54) is 0 Å². The van der Waals surface area contributed by atoms with Gasteiger partial charge in [-0.3, -0.25) is 4.79 Å². The lowest BCUT2D eigenvalue weighted by Crippen LogP contribution is -2.15. The van der Waals surface area contributed by atoms with Crippen molar-refractivity contribution in [1.82, 2.24) is 10.2 Å². The minimum absolute atomic E-state index is 0.218. The molecule has 0 radical (unpaired) electrons. The number of hydrogen-bond donors (Lipinski definition) is 2. The minimum Gasteiger partial charge on any atom is -0.495 e. The number of aryl methyl sites for hydroxylation is 1. The lowest BCUT2D eigenvalue weighted by molar-refractivity contribution is 0.102. The van der Waals surface area contributed by atoms with Gasteiger partial charge < -0.3 is 15.4 Å². The molecule has 0 atom stereocenters. The Bertz CT molecular complexity index is 928. The van der Waals surface area contributed by atoms with Gasteiger partial charge in [0.25, 0.3) is 5.91 Å². The summed E-state index contributed by atoms with van der Waals surface area (Å²) >= 11 is 5.87. The standard InChI is InChI=1S/C20H19ClN4O2/c1-13-3-9-18(27-2)17(11-13)23-20(26)16-8-10-19(25-24-16)22-12-14-4-6-15(21)7-5-14/h3-11H,12H2,1-2H3,(H,22,25)(H,23,26). The van der Waals surface area contributed by atoms with Gasteiger partial charge in [-0.05, 0) is 54.4 Å². The van der Waals surface area contributed by atoms with Crippen molar-refractivity contribution in [2.75, 3.05) is 17.7 Å². The first-order chi connectivity index (χ1) is 13.0. The summed E-state index contributed by atoms with van der Waals surface area (Å²) in [4.78, 5) is 12.4. The zero-order valence-corrected chi connectivity index (χ0v) is 15.7. The molecule has 0 fully saturated rings. The fourth-order valence-electron chi connectivity index (χ4n) is 2.45. The van der Waals surface area contributed by atoms with Crippen molar-refractivity contribution in [2.24, 2.45) is 0 Å². The van der Waals surface area contributed by atoms with Crippen LogP contribution in [0.5, 0.6) is 5.75 Å². The number of hydrogen-bond acceptors (Lipinski definition) is 5. The van der Waals surface area contributed by atoms with Crippen LogP contribution in [-0.2, 0) is 6.54 Å². The van der Waals surface area contributed by atoms with Crippen molar-refractivity contribution in [2.45, 2.75) is 13.5 Å². The highest BCUT2D eigenvalue weighted by atomic mass is 35.5. The number of rotatable bonds is 6. The van der Waals surface area contributed by atoms with Crippen LogP contribution in [0.3, 0.4) is 0 Å². The van der Waals surface area contributed by atoms with Crippen LogP contribution in [0.25, 0.3) is 0 Å². The molecule has 3 aromatic rings. The van der Waals surface area contributed by atoms with Crippen molar-refractivity contribution < 1.29 is 9.53 Å². The molecule has 0 spiro atoms. The van der Waals surface area contributed by atoms with Gasteiger partial charge in [0, 0.05) is 11.6 Å². The van der Waals surface area contributed by atoms with Gasteiger partial charge in [-0.25, -0.2) is 0 Å². The molecule has 1 amide bonds. The van der Waals surface area contributed by atoms with Crippen LogP contribution in [0.1, 0.15) is 21.6 Å². The molecule has 27 heavy (non-hydrogen) atoms. The molecule has 2 N–H and O–H groups in total. The third kappa shape index (κ3) is 4.95. The van der Waals surface area contributed by atoms with E-state index in [2.05, 4.69) is 20.8 Å². The van der Waals surface area contributed by atoms with Crippen LogP contribution in [0.15, 0.2) is 54.6 Å². The number of methoxy groups -OCH3 is 1. The first-order valence-electron chi connectivity index (χ1n) is 8.33. The molecule has 0 aliphatic carbocycles. The van der Waals surface area contributed by atoms with Crippen molar-refractivity contribution in [1.29, 1.82) is 0 Å². The van der Waals surface area contributed by atoms with Gasteiger partial charge in [-0.2, -0.15) is 0 Å². The van der Waals surface area contributed by atoms with Crippen LogP contribution in [0.2, 0.25) is 5.02 Å². The van der Waals surface area contributed by atoms with E-state index in [4.69, 9.17) is 16.3 Å². The molecular weight excluding hydrogens is 364 g/mol. The molecule has 7 heteroatoms. The highest BCUT2D eigenvalue weighted by Crippen LogP contribution is 2.25. The zero-order valence-electron chi connectivity index (χ0n) is 15.0. The maximum atomic E-state index is 12.4. The van der Waals surface area contributed by atoms with Gasteiger partial charge >= 0.3 is 0 Å². The van der Waals surface area contributed by atoms with Gasteiger partial charge in [-0.1, -0.05) is 29.8 Å². The molecule has 3 rings (SSSR count). The summed E-state index contributed by atoms with van der Waals surface area (Å²) in [5.74, 6) is 0.813. The van der Waals surface area contributed by atoms with E-state index >= 15 is 0 Å². The molecule has 2 aromatic carbocycles. The molecule has 1 aromatic heterocycles. The number of nitrogens with one attached hydrogen (secondary N) is 2. The quantitative estimate of drug-likeness (QED) is 0.664. The average molecular weight is 383 g/mol. The van der Waals surface area contributed by atoms with Crippen molar-refractivity contribution >= 4 is 29.0 Å². The van der Waals surface area contributed by atoms with Gasteiger partial charge in [0.2, 0.25) is 0 Å². The van der Waals surface area contributed by atoms with Crippen molar-refractivity contribution in [3.63, 3.8) is 0 Å². The lowest BCUT2D eigenvalue weighted by Gasteiger charge is -2.11. The summed E-state index contributed by atoms with van der Waals surface area (Å²) < 4.78 is 5.27. The summed E-state index contributed by atoms with van der Waals surface area (Å²) in [5, 5.41) is 14.7. The summed E-state index contributed by atoms with van der Waals surface area (Å²) in [6.07, 6.45) is 0. The molecule has 0 saturated carbocycles. The van der Waals surface area contributed by atoms with E-state index in [0.717, 1.165) is 11.1 Å². The highest BCUT2D eigenvalue weighted by Gasteiger charge is 2.12. The second-order valence-electron chi connectivity index (χ2n) is 5.94. The maximum absolute atomic E-state index is 12.4. The largest absolute Gasteiger partial charge is 0.495 e. The van der Waals surface area contributed by atoms with E-state index < -0.39 is 0 Å². The Morgan fingerprint density at radius 2 is 1.85 bits per heavy atom. The Morgan fingerprint density at radius 3 is 2.52 bits per heavy atom. The second-order valence-corrected chi connectivity index (χ2v) is 6.38. The predicted molar refractivity (Wildman–Crippen MR) is 106 cm³/mol. The van der Waals surface area contributed by atoms with E-state index in [1.54, 1.807) is 25.3 Å². The molecule has 6 nitrogen and oxygen atoms in total. The van der Waals surface area contributed by atoms with Crippen LogP contribution in [0.4, 0.5) is 11.5 Å². The summed E-state index contributed by atoms with van der Waals surface area (Å²) in [7, 11) is 1.56. The van der Waals surface area contributed by atoms with Crippen molar-refractivity contribution in [3.05, 3.63) is 76.4 Å².